The Bertz CT molecular complexity index is 1440. The first kappa shape index (κ1) is 27.9. The zero-order chi connectivity index (χ0) is 27.9. The Kier molecular flexibility index (Phi) is 9.01. The number of rotatable bonds is 10. The maximum atomic E-state index is 12.8. The summed E-state index contributed by atoms with van der Waals surface area (Å²) in [5.41, 5.74) is 5.06. The van der Waals surface area contributed by atoms with E-state index in [-0.39, 0.29) is 13.0 Å². The molecule has 1 amide bonds. The first-order valence-electron chi connectivity index (χ1n) is 12.5. The molecule has 0 saturated carbocycles. The summed E-state index contributed by atoms with van der Waals surface area (Å²) in [6.07, 6.45) is -1.85. The van der Waals surface area contributed by atoms with Crippen molar-refractivity contribution in [2.45, 2.75) is 39.1 Å². The molecule has 1 heterocycles. The second kappa shape index (κ2) is 12.6. The van der Waals surface area contributed by atoms with Crippen molar-refractivity contribution in [3.8, 4) is 11.3 Å². The molecule has 0 bridgehead atoms. The van der Waals surface area contributed by atoms with Crippen LogP contribution in [0.15, 0.2) is 78.9 Å². The molecule has 4 aromatic rings. The summed E-state index contributed by atoms with van der Waals surface area (Å²) < 4.78 is 13.0. The fraction of sp³-hybridized carbons (Fsp3) is 0.233. The quantitative estimate of drug-likeness (QED) is 0.233. The fourth-order valence-corrected chi connectivity index (χ4v) is 4.41. The van der Waals surface area contributed by atoms with Gasteiger partial charge in [-0.05, 0) is 31.0 Å². The number of aliphatic carboxylic acids is 1. The maximum Gasteiger partial charge on any atom is 0.412 e. The summed E-state index contributed by atoms with van der Waals surface area (Å²) in [6.45, 7) is 3.75. The second-order valence-electron chi connectivity index (χ2n) is 9.15. The summed E-state index contributed by atoms with van der Waals surface area (Å²) in [5.74, 6) is -1.01. The lowest BCUT2D eigenvalue weighted by molar-refractivity contribution is -0.151. The number of ether oxygens (including phenoxy) is 2. The van der Waals surface area contributed by atoms with Gasteiger partial charge in [-0.25, -0.2) is 9.59 Å². The monoisotopic (exact) mass is 547 g/mol. The SMILES string of the molecule is Cc1c(NC(=O)OC(C)c2ccccc2Cl)c(-c2ccc(COC(Cc3ccccc3)C(=O)O)cc2)nn1C. The van der Waals surface area contributed by atoms with Crippen LogP contribution in [-0.2, 0) is 34.3 Å². The molecule has 0 radical (unpaired) electrons. The zero-order valence-electron chi connectivity index (χ0n) is 21.9. The topological polar surface area (TPSA) is 103 Å². The third-order valence-corrected chi connectivity index (χ3v) is 6.75. The molecule has 4 rings (SSSR count). The molecule has 0 fully saturated rings. The Hall–Kier alpha value is -4.14. The van der Waals surface area contributed by atoms with Gasteiger partial charge in [0.15, 0.2) is 6.10 Å². The average Bonchev–Trinajstić information content (AvgIpc) is 3.20. The summed E-state index contributed by atoms with van der Waals surface area (Å²) in [7, 11) is 1.79. The minimum atomic E-state index is -1.01. The molecule has 0 aliphatic heterocycles. The predicted octanol–water partition coefficient (Wildman–Crippen LogP) is 6.57. The van der Waals surface area contributed by atoms with Gasteiger partial charge in [-0.2, -0.15) is 5.10 Å². The molecule has 0 saturated heterocycles. The molecule has 0 aliphatic carbocycles. The number of nitrogens with one attached hydrogen (secondary N) is 1. The number of carbonyl (C=O) groups excluding carboxylic acids is 1. The highest BCUT2D eigenvalue weighted by molar-refractivity contribution is 6.31. The lowest BCUT2D eigenvalue weighted by atomic mass is 10.1. The molecule has 2 N–H and O–H groups in total. The Morgan fingerprint density at radius 1 is 1.00 bits per heavy atom. The van der Waals surface area contributed by atoms with Crippen molar-refractivity contribution in [1.82, 2.24) is 9.78 Å². The van der Waals surface area contributed by atoms with Gasteiger partial charge in [0.1, 0.15) is 11.8 Å². The third-order valence-electron chi connectivity index (χ3n) is 6.41. The normalized spacial score (nSPS) is 12.5. The van der Waals surface area contributed by atoms with E-state index in [1.807, 2.05) is 79.7 Å². The van der Waals surface area contributed by atoms with Crippen LogP contribution in [-0.4, -0.2) is 33.1 Å². The van der Waals surface area contributed by atoms with Crippen molar-refractivity contribution in [1.29, 1.82) is 0 Å². The highest BCUT2D eigenvalue weighted by Crippen LogP contribution is 2.31. The van der Waals surface area contributed by atoms with Crippen LogP contribution in [0, 0.1) is 6.92 Å². The Morgan fingerprint density at radius 3 is 2.33 bits per heavy atom. The number of anilines is 1. The molecule has 0 spiro atoms. The van der Waals surface area contributed by atoms with E-state index in [1.165, 1.54) is 0 Å². The van der Waals surface area contributed by atoms with Crippen LogP contribution in [0.3, 0.4) is 0 Å². The summed E-state index contributed by atoms with van der Waals surface area (Å²) in [5, 5.41) is 17.5. The van der Waals surface area contributed by atoms with E-state index >= 15 is 0 Å². The number of hydrogen-bond donors (Lipinski definition) is 2. The standard InChI is InChI=1S/C30H30ClN3O5/c1-19-27(32-30(37)39-20(2)24-11-7-8-12-25(24)31)28(33-34(19)3)23-15-13-22(14-16-23)18-38-26(29(35)36)17-21-9-5-4-6-10-21/h4-16,20,26H,17-18H2,1-3H3,(H,32,37)(H,35,36). The van der Waals surface area contributed by atoms with Gasteiger partial charge in [0.25, 0.3) is 0 Å². The second-order valence-corrected chi connectivity index (χ2v) is 9.56. The number of carboxylic acids is 1. The first-order valence-corrected chi connectivity index (χ1v) is 12.8. The van der Waals surface area contributed by atoms with Gasteiger partial charge in [-0.1, -0.05) is 84.4 Å². The highest BCUT2D eigenvalue weighted by Gasteiger charge is 2.21. The van der Waals surface area contributed by atoms with Gasteiger partial charge in [0, 0.05) is 29.6 Å². The van der Waals surface area contributed by atoms with Gasteiger partial charge < -0.3 is 14.6 Å². The van der Waals surface area contributed by atoms with Crippen LogP contribution in [0.5, 0.6) is 0 Å². The van der Waals surface area contributed by atoms with Crippen LogP contribution in [0.2, 0.25) is 5.02 Å². The van der Waals surface area contributed by atoms with Gasteiger partial charge in [-0.15, -0.1) is 0 Å². The number of amides is 1. The third kappa shape index (κ3) is 7.04. The molecular formula is C30H30ClN3O5. The molecule has 3 aromatic carbocycles. The van der Waals surface area contributed by atoms with E-state index in [4.69, 9.17) is 21.1 Å². The average molecular weight is 548 g/mol. The number of carboxylic acid groups (broad SMARTS) is 1. The number of benzene rings is 3. The summed E-state index contributed by atoms with van der Waals surface area (Å²) >= 11 is 6.24. The molecule has 2 atom stereocenters. The van der Waals surface area contributed by atoms with Crippen molar-refractivity contribution >= 4 is 29.4 Å². The molecule has 8 nitrogen and oxygen atoms in total. The smallest absolute Gasteiger partial charge is 0.412 e. The first-order chi connectivity index (χ1) is 18.7. The lowest BCUT2D eigenvalue weighted by Crippen LogP contribution is -2.26. The molecular weight excluding hydrogens is 518 g/mol. The van der Waals surface area contributed by atoms with E-state index in [2.05, 4.69) is 10.4 Å². The number of aryl methyl sites for hydroxylation is 1. The number of hydrogen-bond acceptors (Lipinski definition) is 5. The van der Waals surface area contributed by atoms with Crippen molar-refractivity contribution in [3.63, 3.8) is 0 Å². The summed E-state index contributed by atoms with van der Waals surface area (Å²) in [4.78, 5) is 24.5. The van der Waals surface area contributed by atoms with Gasteiger partial charge in [0.05, 0.1) is 18.0 Å². The Morgan fingerprint density at radius 2 is 1.67 bits per heavy atom. The number of halogens is 1. The van der Waals surface area contributed by atoms with E-state index in [0.717, 1.165) is 22.4 Å². The number of aromatic nitrogens is 2. The van der Waals surface area contributed by atoms with Crippen molar-refractivity contribution in [2.75, 3.05) is 5.32 Å². The van der Waals surface area contributed by atoms with E-state index in [0.29, 0.717) is 22.0 Å². The van der Waals surface area contributed by atoms with Crippen molar-refractivity contribution < 1.29 is 24.2 Å². The molecule has 39 heavy (non-hydrogen) atoms. The molecule has 202 valence electrons. The van der Waals surface area contributed by atoms with E-state index < -0.39 is 24.3 Å². The maximum absolute atomic E-state index is 12.8. The van der Waals surface area contributed by atoms with Crippen LogP contribution >= 0.6 is 11.6 Å². The molecule has 1 aromatic heterocycles. The summed E-state index contributed by atoms with van der Waals surface area (Å²) in [6, 6.07) is 24.0. The predicted molar refractivity (Wildman–Crippen MR) is 150 cm³/mol. The van der Waals surface area contributed by atoms with Crippen LogP contribution in [0.1, 0.15) is 35.4 Å². The highest BCUT2D eigenvalue weighted by atomic mass is 35.5. The van der Waals surface area contributed by atoms with Crippen LogP contribution < -0.4 is 5.32 Å². The molecule has 2 unspecified atom stereocenters. The van der Waals surface area contributed by atoms with Crippen molar-refractivity contribution in [3.05, 3.63) is 106 Å². The van der Waals surface area contributed by atoms with Gasteiger partial charge in [0.2, 0.25) is 0 Å². The lowest BCUT2D eigenvalue weighted by Gasteiger charge is -2.16. The zero-order valence-corrected chi connectivity index (χ0v) is 22.7. The fourth-order valence-electron chi connectivity index (χ4n) is 4.12. The van der Waals surface area contributed by atoms with Gasteiger partial charge in [-0.3, -0.25) is 10.00 Å². The van der Waals surface area contributed by atoms with Crippen LogP contribution in [0.4, 0.5) is 10.5 Å². The number of nitrogens with zero attached hydrogens (tertiary/aromatic N) is 2. The van der Waals surface area contributed by atoms with E-state index in [1.54, 1.807) is 24.7 Å². The number of carbonyl (C=O) groups is 2. The minimum absolute atomic E-state index is 0.142. The van der Waals surface area contributed by atoms with E-state index in [9.17, 15) is 14.7 Å². The minimum Gasteiger partial charge on any atom is -0.479 e. The Labute approximate surface area is 232 Å². The Balaban J connectivity index is 1.43. The van der Waals surface area contributed by atoms with Crippen LogP contribution in [0.25, 0.3) is 11.3 Å². The van der Waals surface area contributed by atoms with Gasteiger partial charge >= 0.3 is 12.1 Å². The molecule has 0 aliphatic rings. The largest absolute Gasteiger partial charge is 0.479 e. The van der Waals surface area contributed by atoms with Crippen molar-refractivity contribution in [2.24, 2.45) is 7.05 Å². The molecule has 9 heteroatoms.